The number of hydrogen-bond donors (Lipinski definition) is 0. The van der Waals surface area contributed by atoms with Gasteiger partial charge in [0.15, 0.2) is 5.78 Å². The first-order valence-corrected chi connectivity index (χ1v) is 6.57. The number of carbonyl (C=O) groups excluding carboxylic acids is 1. The third-order valence-corrected chi connectivity index (χ3v) is 3.56. The molecule has 1 fully saturated rings. The fourth-order valence-electron chi connectivity index (χ4n) is 2.25. The lowest BCUT2D eigenvalue weighted by atomic mass is 9.98. The molecule has 18 heavy (non-hydrogen) atoms. The van der Waals surface area contributed by atoms with E-state index in [0.29, 0.717) is 5.92 Å². The van der Waals surface area contributed by atoms with Crippen LogP contribution < -0.4 is 4.74 Å². The molecule has 1 heterocycles. The molecule has 0 radical (unpaired) electrons. The molecule has 0 amide bonds. The van der Waals surface area contributed by atoms with E-state index in [4.69, 9.17) is 4.74 Å². The first-order valence-electron chi connectivity index (χ1n) is 6.57. The SMILES string of the molecule is CC(=O)c1cccc(OCC2CCN(C)CC2)c1. The fraction of sp³-hybridized carbons (Fsp3) is 0.533. The van der Waals surface area contributed by atoms with Crippen LogP contribution in [0.4, 0.5) is 0 Å². The monoisotopic (exact) mass is 247 g/mol. The molecule has 1 aromatic rings. The molecule has 1 saturated heterocycles. The lowest BCUT2D eigenvalue weighted by Crippen LogP contribution is -2.32. The third-order valence-electron chi connectivity index (χ3n) is 3.56. The van der Waals surface area contributed by atoms with E-state index in [0.717, 1.165) is 31.0 Å². The minimum atomic E-state index is 0.0831. The highest BCUT2D eigenvalue weighted by Gasteiger charge is 2.17. The standard InChI is InChI=1S/C15H21NO2/c1-12(17)14-4-3-5-15(10-14)18-11-13-6-8-16(2)9-7-13/h3-5,10,13H,6-9,11H2,1-2H3. The minimum absolute atomic E-state index is 0.0831. The van der Waals surface area contributed by atoms with Gasteiger partial charge >= 0.3 is 0 Å². The molecule has 0 N–H and O–H groups in total. The number of piperidine rings is 1. The second-order valence-electron chi connectivity index (χ2n) is 5.14. The van der Waals surface area contributed by atoms with Gasteiger partial charge < -0.3 is 9.64 Å². The van der Waals surface area contributed by atoms with Crippen molar-refractivity contribution in [3.05, 3.63) is 29.8 Å². The Kier molecular flexibility index (Phi) is 4.37. The Morgan fingerprint density at radius 2 is 2.11 bits per heavy atom. The Bertz CT molecular complexity index is 409. The van der Waals surface area contributed by atoms with Crippen molar-refractivity contribution < 1.29 is 9.53 Å². The van der Waals surface area contributed by atoms with Crippen LogP contribution in [-0.2, 0) is 0 Å². The summed E-state index contributed by atoms with van der Waals surface area (Å²) >= 11 is 0. The summed E-state index contributed by atoms with van der Waals surface area (Å²) in [5.41, 5.74) is 0.718. The van der Waals surface area contributed by atoms with Gasteiger partial charge in [-0.05, 0) is 58.0 Å². The molecule has 1 aliphatic rings. The van der Waals surface area contributed by atoms with Gasteiger partial charge in [0, 0.05) is 5.56 Å². The molecule has 1 aromatic carbocycles. The average molecular weight is 247 g/mol. The van der Waals surface area contributed by atoms with E-state index in [1.165, 1.54) is 12.8 Å². The van der Waals surface area contributed by atoms with E-state index in [9.17, 15) is 4.79 Å². The van der Waals surface area contributed by atoms with Gasteiger partial charge in [0.25, 0.3) is 0 Å². The van der Waals surface area contributed by atoms with E-state index in [1.807, 2.05) is 24.3 Å². The normalized spacial score (nSPS) is 17.7. The van der Waals surface area contributed by atoms with Crippen molar-refractivity contribution in [2.75, 3.05) is 26.7 Å². The van der Waals surface area contributed by atoms with Crippen LogP contribution in [0.15, 0.2) is 24.3 Å². The number of carbonyl (C=O) groups is 1. The largest absolute Gasteiger partial charge is 0.493 e. The maximum Gasteiger partial charge on any atom is 0.159 e. The van der Waals surface area contributed by atoms with Crippen LogP contribution in [0.2, 0.25) is 0 Å². The topological polar surface area (TPSA) is 29.5 Å². The quantitative estimate of drug-likeness (QED) is 0.766. The first-order chi connectivity index (χ1) is 8.65. The third kappa shape index (κ3) is 3.57. The van der Waals surface area contributed by atoms with Crippen LogP contribution in [0.5, 0.6) is 5.75 Å². The van der Waals surface area contributed by atoms with Gasteiger partial charge in [0.2, 0.25) is 0 Å². The molecule has 0 spiro atoms. The number of likely N-dealkylation sites (tertiary alicyclic amines) is 1. The highest BCUT2D eigenvalue weighted by molar-refractivity contribution is 5.94. The molecule has 0 bridgehead atoms. The van der Waals surface area contributed by atoms with Crippen LogP contribution in [0.25, 0.3) is 0 Å². The van der Waals surface area contributed by atoms with Gasteiger partial charge in [0.05, 0.1) is 6.61 Å². The van der Waals surface area contributed by atoms with Gasteiger partial charge in [-0.15, -0.1) is 0 Å². The number of ether oxygens (including phenoxy) is 1. The average Bonchev–Trinajstić information content (AvgIpc) is 2.38. The van der Waals surface area contributed by atoms with Crippen molar-refractivity contribution in [1.82, 2.24) is 4.90 Å². The maximum atomic E-state index is 11.3. The lowest BCUT2D eigenvalue weighted by molar-refractivity contribution is 0.101. The van der Waals surface area contributed by atoms with Crippen molar-refractivity contribution in [3.63, 3.8) is 0 Å². The summed E-state index contributed by atoms with van der Waals surface area (Å²) in [5, 5.41) is 0. The predicted molar refractivity (Wildman–Crippen MR) is 72.2 cm³/mol. The summed E-state index contributed by atoms with van der Waals surface area (Å²) in [6.45, 7) is 4.65. The highest BCUT2D eigenvalue weighted by Crippen LogP contribution is 2.19. The van der Waals surface area contributed by atoms with Crippen LogP contribution in [0.1, 0.15) is 30.1 Å². The summed E-state index contributed by atoms with van der Waals surface area (Å²) in [6, 6.07) is 7.45. The summed E-state index contributed by atoms with van der Waals surface area (Å²) in [6.07, 6.45) is 2.39. The Morgan fingerprint density at radius 3 is 2.78 bits per heavy atom. The maximum absolute atomic E-state index is 11.3. The van der Waals surface area contributed by atoms with Gasteiger partial charge in [-0.1, -0.05) is 12.1 Å². The zero-order valence-corrected chi connectivity index (χ0v) is 11.2. The summed E-state index contributed by atoms with van der Waals surface area (Å²) in [5.74, 6) is 1.53. The van der Waals surface area contributed by atoms with Crippen molar-refractivity contribution >= 4 is 5.78 Å². The molecule has 0 aromatic heterocycles. The molecular weight excluding hydrogens is 226 g/mol. The molecule has 3 nitrogen and oxygen atoms in total. The van der Waals surface area contributed by atoms with Crippen LogP contribution in [-0.4, -0.2) is 37.4 Å². The zero-order chi connectivity index (χ0) is 13.0. The molecule has 2 rings (SSSR count). The van der Waals surface area contributed by atoms with Gasteiger partial charge in [-0.25, -0.2) is 0 Å². The zero-order valence-electron chi connectivity index (χ0n) is 11.2. The number of nitrogens with zero attached hydrogens (tertiary/aromatic N) is 1. The van der Waals surface area contributed by atoms with E-state index < -0.39 is 0 Å². The molecule has 0 saturated carbocycles. The molecule has 98 valence electrons. The molecule has 0 aliphatic carbocycles. The number of rotatable bonds is 4. The van der Waals surface area contributed by atoms with E-state index in [1.54, 1.807) is 6.92 Å². The molecular formula is C15H21NO2. The number of Topliss-reactive ketones (excluding diaryl/α,β-unsaturated/α-hetero) is 1. The summed E-state index contributed by atoms with van der Waals surface area (Å²) in [4.78, 5) is 13.6. The van der Waals surface area contributed by atoms with Crippen molar-refractivity contribution in [2.24, 2.45) is 5.92 Å². The van der Waals surface area contributed by atoms with Crippen LogP contribution >= 0.6 is 0 Å². The van der Waals surface area contributed by atoms with Crippen molar-refractivity contribution in [3.8, 4) is 5.75 Å². The predicted octanol–water partition coefficient (Wildman–Crippen LogP) is 2.61. The second-order valence-corrected chi connectivity index (χ2v) is 5.14. The van der Waals surface area contributed by atoms with E-state index in [2.05, 4.69) is 11.9 Å². The van der Waals surface area contributed by atoms with Gasteiger partial charge in [-0.2, -0.15) is 0 Å². The van der Waals surface area contributed by atoms with Crippen LogP contribution in [0.3, 0.4) is 0 Å². The summed E-state index contributed by atoms with van der Waals surface area (Å²) in [7, 11) is 2.16. The lowest BCUT2D eigenvalue weighted by Gasteiger charge is -2.28. The summed E-state index contributed by atoms with van der Waals surface area (Å²) < 4.78 is 5.80. The number of benzene rings is 1. The van der Waals surface area contributed by atoms with Crippen molar-refractivity contribution in [1.29, 1.82) is 0 Å². The molecule has 1 aliphatic heterocycles. The molecule has 0 unspecified atom stereocenters. The minimum Gasteiger partial charge on any atom is -0.493 e. The highest BCUT2D eigenvalue weighted by atomic mass is 16.5. The Balaban J connectivity index is 1.86. The van der Waals surface area contributed by atoms with Crippen molar-refractivity contribution in [2.45, 2.75) is 19.8 Å². The smallest absolute Gasteiger partial charge is 0.159 e. The molecule has 0 atom stereocenters. The Hall–Kier alpha value is -1.35. The van der Waals surface area contributed by atoms with Crippen LogP contribution in [0, 0.1) is 5.92 Å². The number of ketones is 1. The van der Waals surface area contributed by atoms with E-state index in [-0.39, 0.29) is 5.78 Å². The Labute approximate surface area is 109 Å². The fourth-order valence-corrected chi connectivity index (χ4v) is 2.25. The Morgan fingerprint density at radius 1 is 1.39 bits per heavy atom. The van der Waals surface area contributed by atoms with E-state index >= 15 is 0 Å². The second kappa shape index (κ2) is 6.01. The molecule has 3 heteroatoms. The van der Waals surface area contributed by atoms with Gasteiger partial charge in [-0.3, -0.25) is 4.79 Å². The number of hydrogen-bond acceptors (Lipinski definition) is 3. The first kappa shape index (κ1) is 13.1. The van der Waals surface area contributed by atoms with Gasteiger partial charge in [0.1, 0.15) is 5.75 Å².